The standard InChI is InChI=1S/C22H24ClNO3/c1-15(16-3-4-16)24(19-9-11-20(27-2)12-10-19)22(26)14-13-21(25)17-5-7-18(23)8-6-17/h5-12,15-16H,3-4,13-14H2,1-2H3. The van der Waals surface area contributed by atoms with Crippen LogP contribution in [0.2, 0.25) is 5.02 Å². The molecule has 0 heterocycles. The van der Waals surface area contributed by atoms with Crippen LogP contribution in [0, 0.1) is 5.92 Å². The molecule has 4 nitrogen and oxygen atoms in total. The Balaban J connectivity index is 1.70. The van der Waals surface area contributed by atoms with Crippen molar-refractivity contribution in [2.45, 2.75) is 38.6 Å². The molecule has 0 bridgehead atoms. The van der Waals surface area contributed by atoms with Crippen LogP contribution >= 0.6 is 11.6 Å². The molecule has 142 valence electrons. The van der Waals surface area contributed by atoms with E-state index < -0.39 is 0 Å². The molecule has 2 aromatic carbocycles. The number of nitrogens with zero attached hydrogens (tertiary/aromatic N) is 1. The number of benzene rings is 2. The fourth-order valence-corrected chi connectivity index (χ4v) is 3.39. The van der Waals surface area contributed by atoms with Crippen molar-refractivity contribution in [2.24, 2.45) is 5.92 Å². The van der Waals surface area contributed by atoms with Gasteiger partial charge < -0.3 is 9.64 Å². The highest BCUT2D eigenvalue weighted by atomic mass is 35.5. The Morgan fingerprint density at radius 3 is 2.26 bits per heavy atom. The summed E-state index contributed by atoms with van der Waals surface area (Å²) in [5, 5.41) is 0.589. The van der Waals surface area contributed by atoms with Gasteiger partial charge in [0.15, 0.2) is 5.78 Å². The minimum absolute atomic E-state index is 0.0260. The molecular formula is C22H24ClNO3. The molecule has 1 saturated carbocycles. The van der Waals surface area contributed by atoms with E-state index in [1.165, 1.54) is 0 Å². The van der Waals surface area contributed by atoms with Crippen LogP contribution in [-0.2, 0) is 4.79 Å². The number of ketones is 1. The van der Waals surface area contributed by atoms with E-state index in [0.29, 0.717) is 16.5 Å². The average Bonchev–Trinajstić information content (AvgIpc) is 3.52. The predicted molar refractivity (Wildman–Crippen MR) is 108 cm³/mol. The van der Waals surface area contributed by atoms with E-state index in [1.54, 1.807) is 31.4 Å². The maximum Gasteiger partial charge on any atom is 0.227 e. The van der Waals surface area contributed by atoms with E-state index in [4.69, 9.17) is 16.3 Å². The maximum atomic E-state index is 13.0. The Kier molecular flexibility index (Phi) is 6.17. The maximum absolute atomic E-state index is 13.0. The van der Waals surface area contributed by atoms with Crippen molar-refractivity contribution >= 4 is 29.0 Å². The first kappa shape index (κ1) is 19.4. The van der Waals surface area contributed by atoms with Gasteiger partial charge in [-0.2, -0.15) is 0 Å². The number of ether oxygens (including phenoxy) is 1. The first-order chi connectivity index (χ1) is 13.0. The Labute approximate surface area is 165 Å². The van der Waals surface area contributed by atoms with Crippen molar-refractivity contribution < 1.29 is 14.3 Å². The van der Waals surface area contributed by atoms with Crippen LogP contribution in [0.15, 0.2) is 48.5 Å². The lowest BCUT2D eigenvalue weighted by atomic mass is 10.0. The lowest BCUT2D eigenvalue weighted by Crippen LogP contribution is -2.40. The summed E-state index contributed by atoms with van der Waals surface area (Å²) in [7, 11) is 1.62. The Hall–Kier alpha value is -2.33. The number of hydrogen-bond acceptors (Lipinski definition) is 3. The molecule has 1 aliphatic rings. The van der Waals surface area contributed by atoms with Crippen LogP contribution in [0.3, 0.4) is 0 Å². The zero-order valence-electron chi connectivity index (χ0n) is 15.7. The largest absolute Gasteiger partial charge is 0.497 e. The van der Waals surface area contributed by atoms with E-state index in [0.717, 1.165) is 24.3 Å². The zero-order valence-corrected chi connectivity index (χ0v) is 16.4. The number of methoxy groups -OCH3 is 1. The molecule has 2 aromatic rings. The Morgan fingerprint density at radius 2 is 1.70 bits per heavy atom. The summed E-state index contributed by atoms with van der Waals surface area (Å²) in [6.07, 6.45) is 2.66. The number of anilines is 1. The van der Waals surface area contributed by atoms with Gasteiger partial charge in [-0.1, -0.05) is 11.6 Å². The molecule has 0 N–H and O–H groups in total. The van der Waals surface area contributed by atoms with Crippen LogP contribution in [0.5, 0.6) is 5.75 Å². The van der Waals surface area contributed by atoms with E-state index in [9.17, 15) is 9.59 Å². The number of amides is 1. The topological polar surface area (TPSA) is 46.6 Å². The summed E-state index contributed by atoms with van der Waals surface area (Å²) >= 11 is 5.86. The Morgan fingerprint density at radius 1 is 1.07 bits per heavy atom. The first-order valence-electron chi connectivity index (χ1n) is 9.24. The summed E-state index contributed by atoms with van der Waals surface area (Å²) < 4.78 is 5.21. The van der Waals surface area contributed by atoms with Crippen LogP contribution in [0.1, 0.15) is 43.0 Å². The van der Waals surface area contributed by atoms with Gasteiger partial charge in [0, 0.05) is 35.2 Å². The summed E-state index contributed by atoms with van der Waals surface area (Å²) in [4.78, 5) is 27.2. The highest BCUT2D eigenvalue weighted by molar-refractivity contribution is 6.30. The minimum Gasteiger partial charge on any atom is -0.497 e. The second-order valence-corrected chi connectivity index (χ2v) is 7.41. The number of carbonyl (C=O) groups is 2. The van der Waals surface area contributed by atoms with E-state index >= 15 is 0 Å². The molecule has 0 saturated heterocycles. The van der Waals surface area contributed by atoms with Crippen LogP contribution in [0.4, 0.5) is 5.69 Å². The molecular weight excluding hydrogens is 362 g/mol. The monoisotopic (exact) mass is 385 g/mol. The van der Waals surface area contributed by atoms with Gasteiger partial charge in [-0.3, -0.25) is 9.59 Å². The highest BCUT2D eigenvalue weighted by Crippen LogP contribution is 2.37. The zero-order chi connectivity index (χ0) is 19.4. The fraction of sp³-hybridized carbons (Fsp3) is 0.364. The third kappa shape index (κ3) is 4.89. The molecule has 1 unspecified atom stereocenters. The van der Waals surface area contributed by atoms with Crippen LogP contribution in [-0.4, -0.2) is 24.8 Å². The van der Waals surface area contributed by atoms with Gasteiger partial charge in [-0.05, 0) is 74.2 Å². The van der Waals surface area contributed by atoms with Crippen molar-refractivity contribution in [3.05, 3.63) is 59.1 Å². The SMILES string of the molecule is COc1ccc(N(C(=O)CCC(=O)c2ccc(Cl)cc2)C(C)C2CC2)cc1. The third-order valence-electron chi connectivity index (χ3n) is 5.06. The molecule has 0 radical (unpaired) electrons. The Bertz CT molecular complexity index is 797. The number of rotatable bonds is 8. The lowest BCUT2D eigenvalue weighted by Gasteiger charge is -2.30. The average molecular weight is 386 g/mol. The van der Waals surface area contributed by atoms with Gasteiger partial charge in [-0.25, -0.2) is 0 Å². The summed E-state index contributed by atoms with van der Waals surface area (Å²) in [5.41, 5.74) is 1.43. The summed E-state index contributed by atoms with van der Waals surface area (Å²) in [5.74, 6) is 1.21. The molecule has 27 heavy (non-hydrogen) atoms. The quantitative estimate of drug-likeness (QED) is 0.591. The predicted octanol–water partition coefficient (Wildman–Crippen LogP) is 5.14. The van der Waals surface area contributed by atoms with Crippen LogP contribution in [0.25, 0.3) is 0 Å². The summed E-state index contributed by atoms with van der Waals surface area (Å²) in [6, 6.07) is 14.4. The van der Waals surface area contributed by atoms with Crippen LogP contribution < -0.4 is 9.64 Å². The van der Waals surface area contributed by atoms with E-state index in [1.807, 2.05) is 29.2 Å². The van der Waals surface area contributed by atoms with E-state index in [-0.39, 0.29) is 30.6 Å². The molecule has 1 fully saturated rings. The molecule has 5 heteroatoms. The van der Waals surface area contributed by atoms with Gasteiger partial charge in [0.25, 0.3) is 0 Å². The van der Waals surface area contributed by atoms with Gasteiger partial charge >= 0.3 is 0 Å². The lowest BCUT2D eigenvalue weighted by molar-refractivity contribution is -0.119. The van der Waals surface area contributed by atoms with Crippen molar-refractivity contribution in [3.8, 4) is 5.75 Å². The second kappa shape index (κ2) is 8.57. The number of halogens is 1. The van der Waals surface area contributed by atoms with E-state index in [2.05, 4.69) is 6.92 Å². The van der Waals surface area contributed by atoms with Crippen molar-refractivity contribution in [1.29, 1.82) is 0 Å². The second-order valence-electron chi connectivity index (χ2n) is 6.97. The van der Waals surface area contributed by atoms with Gasteiger partial charge in [-0.15, -0.1) is 0 Å². The normalized spacial score (nSPS) is 14.5. The first-order valence-corrected chi connectivity index (χ1v) is 9.62. The molecule has 0 aromatic heterocycles. The molecule has 1 amide bonds. The molecule has 0 spiro atoms. The smallest absolute Gasteiger partial charge is 0.227 e. The van der Waals surface area contributed by atoms with Crippen molar-refractivity contribution in [3.63, 3.8) is 0 Å². The number of hydrogen-bond donors (Lipinski definition) is 0. The molecule has 1 atom stereocenters. The fourth-order valence-electron chi connectivity index (χ4n) is 3.26. The van der Waals surface area contributed by atoms with Gasteiger partial charge in [0.05, 0.1) is 7.11 Å². The molecule has 0 aliphatic heterocycles. The summed E-state index contributed by atoms with van der Waals surface area (Å²) in [6.45, 7) is 2.08. The van der Waals surface area contributed by atoms with Gasteiger partial charge in [0.1, 0.15) is 5.75 Å². The molecule has 3 rings (SSSR count). The minimum atomic E-state index is -0.0474. The highest BCUT2D eigenvalue weighted by Gasteiger charge is 2.35. The van der Waals surface area contributed by atoms with Crippen molar-refractivity contribution in [2.75, 3.05) is 12.0 Å². The van der Waals surface area contributed by atoms with Gasteiger partial charge in [0.2, 0.25) is 5.91 Å². The number of Topliss-reactive ketones (excluding diaryl/α,β-unsaturated/α-hetero) is 1. The van der Waals surface area contributed by atoms with Crippen molar-refractivity contribution in [1.82, 2.24) is 0 Å². The third-order valence-corrected chi connectivity index (χ3v) is 5.31. The molecule has 1 aliphatic carbocycles. The number of carbonyl (C=O) groups excluding carboxylic acids is 2.